The summed E-state index contributed by atoms with van der Waals surface area (Å²) in [6.07, 6.45) is -8.24. The molecule has 0 radical (unpaired) electrons. The Morgan fingerprint density at radius 3 is 2.33 bits per heavy atom. The van der Waals surface area contributed by atoms with Gasteiger partial charge < -0.3 is 75.2 Å². The Labute approximate surface area is 418 Å². The normalized spacial score (nSPS) is 30.2. The van der Waals surface area contributed by atoms with Crippen molar-refractivity contribution in [3.63, 3.8) is 0 Å². The number of likely N-dealkylation sites (tertiary alicyclic amines) is 1. The van der Waals surface area contributed by atoms with Gasteiger partial charge in [-0.2, -0.15) is 8.42 Å². The van der Waals surface area contributed by atoms with Crippen molar-refractivity contribution in [3.8, 4) is 0 Å². The highest BCUT2D eigenvalue weighted by Crippen LogP contribution is 2.48. The third-order valence-corrected chi connectivity index (χ3v) is 14.3. The minimum atomic E-state index is -5.03. The maximum Gasteiger partial charge on any atom is 0.408 e. The monoisotopic (exact) mass is 1050 g/mol. The number of methoxy groups -OCH3 is 1. The van der Waals surface area contributed by atoms with E-state index in [4.69, 9.17) is 39.6 Å². The van der Waals surface area contributed by atoms with Crippen molar-refractivity contribution in [1.29, 1.82) is 5.41 Å². The first-order valence-electron chi connectivity index (χ1n) is 24.6. The van der Waals surface area contributed by atoms with E-state index in [9.17, 15) is 52.3 Å². The molecule has 4 amide bonds. The van der Waals surface area contributed by atoms with E-state index in [0.29, 0.717) is 38.8 Å². The van der Waals surface area contributed by atoms with Gasteiger partial charge in [0.05, 0.1) is 12.1 Å². The second-order valence-electron chi connectivity index (χ2n) is 18.9. The van der Waals surface area contributed by atoms with Gasteiger partial charge in [-0.15, -0.1) is 0 Å². The van der Waals surface area contributed by atoms with Gasteiger partial charge in [0.15, 0.2) is 30.1 Å². The summed E-state index contributed by atoms with van der Waals surface area (Å²) >= 11 is 0. The number of hydrogen-bond acceptors (Lipinski definition) is 19. The number of esters is 2. The molecule has 4 fully saturated rings. The zero-order valence-electron chi connectivity index (χ0n) is 41.4. The fourth-order valence-electron chi connectivity index (χ4n) is 9.75. The number of nitrogens with one attached hydrogen (secondary N) is 4. The number of carbonyl (C=O) groups is 6. The molecule has 10 N–H and O–H groups in total. The van der Waals surface area contributed by atoms with Crippen LogP contribution in [-0.4, -0.2) is 199 Å². The molecular formula is C45H73N7O19S. The van der Waals surface area contributed by atoms with Crippen LogP contribution in [0, 0.1) is 11.3 Å². The predicted octanol–water partition coefficient (Wildman–Crippen LogP) is -0.978. The van der Waals surface area contributed by atoms with E-state index >= 15 is 4.79 Å². The Kier molecular flexibility index (Phi) is 21.0. The molecule has 2 bridgehead atoms. The average molecular weight is 1050 g/mol. The summed E-state index contributed by atoms with van der Waals surface area (Å²) in [7, 11) is -3.97. The number of nitrogens with zero attached hydrogens (tertiary/aromatic N) is 2. The number of unbranched alkanes of at least 4 members (excludes halogenated alkanes) is 4. The molecule has 5 rings (SSSR count). The van der Waals surface area contributed by atoms with E-state index in [2.05, 4.69) is 20.1 Å². The largest absolute Gasteiger partial charge is 0.463 e. The van der Waals surface area contributed by atoms with Gasteiger partial charge in [0.2, 0.25) is 11.8 Å². The lowest BCUT2D eigenvalue weighted by Gasteiger charge is -2.58. The summed E-state index contributed by atoms with van der Waals surface area (Å²) in [4.78, 5) is 85.7. The smallest absolute Gasteiger partial charge is 0.408 e. The second-order valence-corrected chi connectivity index (χ2v) is 20.0. The zero-order valence-corrected chi connectivity index (χ0v) is 42.2. The van der Waals surface area contributed by atoms with Gasteiger partial charge in [-0.05, 0) is 31.6 Å². The van der Waals surface area contributed by atoms with Gasteiger partial charge in [-0.25, -0.2) is 8.98 Å². The van der Waals surface area contributed by atoms with Gasteiger partial charge >= 0.3 is 28.4 Å². The summed E-state index contributed by atoms with van der Waals surface area (Å²) < 4.78 is 71.1. The van der Waals surface area contributed by atoms with Crippen LogP contribution >= 0.6 is 0 Å². The SMILES string of the molecule is CCCCCC(=O)OC[C@H]1O[C@H](O[C@@H]2C[C@@H]3C(O)[C@@]4(C2)OC(=O)N[C@H]4[C@H](C(=O)NCCC2=CCN(C(=N)N)C2)N3C(=O)[C@H](NC(=O)[C@H](COS(=O)(=O)O)OC)[C@@H](C)CC)[C@H](OC(=O)CCCCC)[C@@H](O)[C@@H]1O. The molecule has 26 nitrogen and oxygen atoms in total. The quantitative estimate of drug-likeness (QED) is 0.00956. The van der Waals surface area contributed by atoms with Crippen molar-refractivity contribution in [1.82, 2.24) is 25.8 Å². The highest BCUT2D eigenvalue weighted by molar-refractivity contribution is 7.80. The van der Waals surface area contributed by atoms with Crippen molar-refractivity contribution < 1.29 is 89.7 Å². The molecule has 14 atom stereocenters. The Bertz CT molecular complexity index is 2080. The zero-order chi connectivity index (χ0) is 53.1. The van der Waals surface area contributed by atoms with Crippen molar-refractivity contribution in [2.75, 3.05) is 40.0 Å². The number of piperidine rings is 1. The summed E-state index contributed by atoms with van der Waals surface area (Å²) in [6, 6.07) is -6.12. The number of fused-ring (bicyclic) bond motifs is 1. The molecule has 5 aliphatic rings. The van der Waals surface area contributed by atoms with E-state index in [-0.39, 0.29) is 44.6 Å². The topological polar surface area (TPSA) is 375 Å². The first-order chi connectivity index (χ1) is 34.1. The van der Waals surface area contributed by atoms with E-state index in [0.717, 1.165) is 36.8 Å². The molecule has 408 valence electrons. The number of guanidine groups is 1. The minimum Gasteiger partial charge on any atom is -0.463 e. The number of alkyl carbamates (subject to hydrolysis) is 1. The number of aliphatic hydroxyl groups is 3. The third-order valence-electron chi connectivity index (χ3n) is 13.9. The van der Waals surface area contributed by atoms with Gasteiger partial charge in [0.1, 0.15) is 55.8 Å². The van der Waals surface area contributed by atoms with Crippen molar-refractivity contribution in [3.05, 3.63) is 11.6 Å². The number of carbonyl (C=O) groups excluding carboxylic acids is 6. The number of amides is 4. The van der Waals surface area contributed by atoms with Crippen LogP contribution in [-0.2, 0) is 67.0 Å². The fraction of sp³-hybridized carbons (Fsp3) is 0.800. The Morgan fingerprint density at radius 1 is 1.04 bits per heavy atom. The standard InChI is InChI=1S/C45H73N7O19S/c1-6-9-11-13-30(53)66-22-28-34(55)35(56)36(70-31(54)14-12-10-7-2)42(69-28)68-26-19-27-38(57)45(20-26)37(50-44(61)71-45)33(40(59)48-17-15-25-16-18-51(21-25)43(46)47)52(27)41(60)32(24(4)8-3)49-39(58)29(65-5)23-67-72(62,63)64/h16,24,26-29,32-38,42,55-57H,6-15,17-23H2,1-5H3,(H3,46,47)(H,48,59)(H,49,58)(H,50,61)(H,62,63,64)/t24-,26+,27+,28+,29-,32+,33+,34+,35-,36+,37-,38?,42-,45-/m0/s1. The molecule has 27 heteroatoms. The van der Waals surface area contributed by atoms with Crippen molar-refractivity contribution in [2.24, 2.45) is 11.7 Å². The lowest BCUT2D eigenvalue weighted by molar-refractivity contribution is -0.324. The van der Waals surface area contributed by atoms with E-state index < -0.39 is 144 Å². The third kappa shape index (κ3) is 14.3. The molecular weight excluding hydrogens is 975 g/mol. The van der Waals surface area contributed by atoms with Crippen LogP contribution < -0.4 is 21.7 Å². The number of nitrogens with two attached hydrogens (primary N) is 1. The number of ether oxygens (including phenoxy) is 6. The van der Waals surface area contributed by atoms with Gasteiger partial charge in [-0.3, -0.25) is 33.9 Å². The van der Waals surface area contributed by atoms with Crippen LogP contribution in [0.15, 0.2) is 11.6 Å². The number of aliphatic hydroxyl groups excluding tert-OH is 3. The average Bonchev–Trinajstić information content (AvgIpc) is 3.94. The summed E-state index contributed by atoms with van der Waals surface area (Å²) in [6.45, 7) is 6.43. The Morgan fingerprint density at radius 2 is 1.72 bits per heavy atom. The van der Waals surface area contributed by atoms with Crippen LogP contribution in [0.5, 0.6) is 0 Å². The minimum absolute atomic E-state index is 0.0121. The first-order valence-corrected chi connectivity index (χ1v) is 26.0. The summed E-state index contributed by atoms with van der Waals surface area (Å²) in [5.41, 5.74) is 4.51. The Hall–Kier alpha value is -4.74. The molecule has 72 heavy (non-hydrogen) atoms. The van der Waals surface area contributed by atoms with Crippen LogP contribution in [0.1, 0.15) is 105 Å². The van der Waals surface area contributed by atoms with Gasteiger partial charge in [0, 0.05) is 46.0 Å². The molecule has 4 aliphatic heterocycles. The predicted molar refractivity (Wildman–Crippen MR) is 249 cm³/mol. The van der Waals surface area contributed by atoms with Gasteiger partial charge in [0.25, 0.3) is 5.91 Å². The van der Waals surface area contributed by atoms with Crippen molar-refractivity contribution in [2.45, 2.75) is 184 Å². The molecule has 0 aromatic carbocycles. The maximum atomic E-state index is 15.4. The fourth-order valence-corrected chi connectivity index (χ4v) is 10.0. The molecule has 0 aromatic rings. The molecule has 0 aromatic heterocycles. The van der Waals surface area contributed by atoms with Crippen LogP contribution in [0.25, 0.3) is 0 Å². The molecule has 1 unspecified atom stereocenters. The first kappa shape index (κ1) is 58.2. The molecule has 1 spiro atoms. The molecule has 4 heterocycles. The van der Waals surface area contributed by atoms with E-state index in [1.807, 2.05) is 19.9 Å². The summed E-state index contributed by atoms with van der Waals surface area (Å²) in [5, 5.41) is 50.9. The Balaban J connectivity index is 1.52. The maximum absolute atomic E-state index is 15.4. The lowest BCUT2D eigenvalue weighted by Crippen LogP contribution is -2.80. The molecule has 3 saturated heterocycles. The number of rotatable bonds is 26. The van der Waals surface area contributed by atoms with Crippen molar-refractivity contribution >= 4 is 52.1 Å². The molecule has 1 aliphatic carbocycles. The van der Waals surface area contributed by atoms with E-state index in [1.54, 1.807) is 18.7 Å². The van der Waals surface area contributed by atoms with E-state index in [1.165, 1.54) is 0 Å². The lowest BCUT2D eigenvalue weighted by atomic mass is 9.66. The van der Waals surface area contributed by atoms with Crippen LogP contribution in [0.4, 0.5) is 4.79 Å². The van der Waals surface area contributed by atoms with Gasteiger partial charge in [-0.1, -0.05) is 71.4 Å². The second kappa shape index (κ2) is 26.0. The highest BCUT2D eigenvalue weighted by atomic mass is 32.3. The summed E-state index contributed by atoms with van der Waals surface area (Å²) in [5.74, 6) is -4.97. The van der Waals surface area contributed by atoms with Crippen LogP contribution in [0.3, 0.4) is 0 Å². The number of hydrogen-bond donors (Lipinski definition) is 9. The molecule has 1 saturated carbocycles. The highest BCUT2D eigenvalue weighted by Gasteiger charge is 2.70. The van der Waals surface area contributed by atoms with Crippen LogP contribution in [0.2, 0.25) is 0 Å².